The van der Waals surface area contributed by atoms with Gasteiger partial charge in [-0.2, -0.15) is 0 Å². The highest BCUT2D eigenvalue weighted by atomic mass is 19.1. The van der Waals surface area contributed by atoms with Crippen molar-refractivity contribution in [1.82, 2.24) is 0 Å². The van der Waals surface area contributed by atoms with Gasteiger partial charge in [-0.3, -0.25) is 0 Å². The van der Waals surface area contributed by atoms with Crippen LogP contribution in [0.2, 0.25) is 0 Å². The summed E-state index contributed by atoms with van der Waals surface area (Å²) in [4.78, 5) is 0. The van der Waals surface area contributed by atoms with E-state index >= 15 is 0 Å². The molecule has 0 aromatic heterocycles. The molecule has 1 rings (SSSR count). The Morgan fingerprint density at radius 1 is 1.40 bits per heavy atom. The van der Waals surface area contributed by atoms with Crippen molar-refractivity contribution in [1.29, 1.82) is 0 Å². The second-order valence-corrected chi connectivity index (χ2v) is 3.69. The van der Waals surface area contributed by atoms with Crippen LogP contribution < -0.4 is 5.73 Å². The molecule has 4 heteroatoms. The zero-order chi connectivity index (χ0) is 11.4. The fourth-order valence-corrected chi connectivity index (χ4v) is 1.52. The molecule has 0 saturated carbocycles. The molecule has 2 atom stereocenters. The van der Waals surface area contributed by atoms with Crippen LogP contribution in [0, 0.1) is 11.6 Å². The van der Waals surface area contributed by atoms with Crippen molar-refractivity contribution in [3.8, 4) is 0 Å². The Morgan fingerprint density at radius 2 is 2.07 bits per heavy atom. The fraction of sp³-hybridized carbons (Fsp3) is 0.455. The predicted octanol–water partition coefficient (Wildman–Crippen LogP) is 1.78. The van der Waals surface area contributed by atoms with Crippen molar-refractivity contribution < 1.29 is 13.9 Å². The maximum Gasteiger partial charge on any atom is 0.126 e. The van der Waals surface area contributed by atoms with E-state index in [4.69, 9.17) is 5.73 Å². The summed E-state index contributed by atoms with van der Waals surface area (Å²) < 4.78 is 26.2. The van der Waals surface area contributed by atoms with Crippen molar-refractivity contribution >= 4 is 0 Å². The third-order valence-corrected chi connectivity index (χ3v) is 2.39. The minimum absolute atomic E-state index is 0.126. The lowest BCUT2D eigenvalue weighted by molar-refractivity contribution is 0.164. The quantitative estimate of drug-likeness (QED) is 0.804. The van der Waals surface area contributed by atoms with Crippen LogP contribution in [-0.4, -0.2) is 17.8 Å². The largest absolute Gasteiger partial charge is 0.392 e. The molecule has 1 aromatic carbocycles. The van der Waals surface area contributed by atoms with Crippen LogP contribution in [0.5, 0.6) is 0 Å². The summed E-state index contributed by atoms with van der Waals surface area (Å²) in [5.41, 5.74) is 5.53. The number of benzene rings is 1. The van der Waals surface area contributed by atoms with Crippen LogP contribution in [0.15, 0.2) is 18.2 Å². The van der Waals surface area contributed by atoms with Crippen molar-refractivity contribution in [2.24, 2.45) is 5.73 Å². The molecular formula is C11H15F2NO. The van der Waals surface area contributed by atoms with Crippen molar-refractivity contribution in [3.63, 3.8) is 0 Å². The van der Waals surface area contributed by atoms with Crippen LogP contribution in [0.1, 0.15) is 24.8 Å². The zero-order valence-corrected chi connectivity index (χ0v) is 8.58. The lowest BCUT2D eigenvalue weighted by Gasteiger charge is -2.16. The number of rotatable bonds is 4. The van der Waals surface area contributed by atoms with Gasteiger partial charge in [0, 0.05) is 6.54 Å². The second kappa shape index (κ2) is 5.19. The van der Waals surface area contributed by atoms with Crippen LogP contribution in [0.3, 0.4) is 0 Å². The highest BCUT2D eigenvalue weighted by Crippen LogP contribution is 2.24. The second-order valence-electron chi connectivity index (χ2n) is 3.69. The summed E-state index contributed by atoms with van der Waals surface area (Å²) in [6, 6.07) is 3.32. The summed E-state index contributed by atoms with van der Waals surface area (Å²) in [5, 5.41) is 9.31. The smallest absolute Gasteiger partial charge is 0.126 e. The van der Waals surface area contributed by atoms with Gasteiger partial charge in [0.1, 0.15) is 11.6 Å². The van der Waals surface area contributed by atoms with Gasteiger partial charge >= 0.3 is 0 Å². The monoisotopic (exact) mass is 215 g/mol. The standard InChI is InChI=1S/C11H15F2NO/c1-7(4-9(15)6-14)10-5-8(12)2-3-11(10)13/h2-3,5,7,9,15H,4,6,14H2,1H3. The van der Waals surface area contributed by atoms with E-state index in [1.807, 2.05) is 0 Å². The van der Waals surface area contributed by atoms with E-state index in [1.54, 1.807) is 6.92 Å². The Labute approximate surface area is 87.7 Å². The first-order valence-electron chi connectivity index (χ1n) is 4.87. The lowest BCUT2D eigenvalue weighted by Crippen LogP contribution is -2.21. The van der Waals surface area contributed by atoms with Gasteiger partial charge in [0.25, 0.3) is 0 Å². The summed E-state index contributed by atoms with van der Waals surface area (Å²) >= 11 is 0. The molecule has 0 aliphatic rings. The first-order chi connectivity index (χ1) is 7.04. The molecule has 3 N–H and O–H groups in total. The van der Waals surface area contributed by atoms with E-state index in [9.17, 15) is 13.9 Å². The van der Waals surface area contributed by atoms with Crippen LogP contribution in [-0.2, 0) is 0 Å². The average Bonchev–Trinajstić information content (AvgIpc) is 2.21. The molecule has 0 heterocycles. The molecule has 0 fully saturated rings. The van der Waals surface area contributed by atoms with Crippen molar-refractivity contribution in [3.05, 3.63) is 35.4 Å². The number of hydrogen-bond donors (Lipinski definition) is 2. The van der Waals surface area contributed by atoms with Crippen LogP contribution in [0.4, 0.5) is 8.78 Å². The van der Waals surface area contributed by atoms with Gasteiger partial charge < -0.3 is 10.8 Å². The molecule has 2 unspecified atom stereocenters. The summed E-state index contributed by atoms with van der Waals surface area (Å²) in [5.74, 6) is -1.17. The summed E-state index contributed by atoms with van der Waals surface area (Å²) in [7, 11) is 0. The van der Waals surface area contributed by atoms with Gasteiger partial charge in [0.15, 0.2) is 0 Å². The zero-order valence-electron chi connectivity index (χ0n) is 8.58. The summed E-state index contributed by atoms with van der Waals surface area (Å²) in [6.45, 7) is 1.86. The Balaban J connectivity index is 2.80. The maximum atomic E-state index is 13.3. The molecule has 2 nitrogen and oxygen atoms in total. The fourth-order valence-electron chi connectivity index (χ4n) is 1.52. The summed E-state index contributed by atoms with van der Waals surface area (Å²) in [6.07, 6.45) is -0.348. The molecule has 0 bridgehead atoms. The Bertz CT molecular complexity index is 330. The van der Waals surface area contributed by atoms with E-state index in [0.717, 1.165) is 18.2 Å². The minimum atomic E-state index is -0.678. The Hall–Kier alpha value is -1.00. The topological polar surface area (TPSA) is 46.2 Å². The van der Waals surface area contributed by atoms with Gasteiger partial charge in [-0.1, -0.05) is 6.92 Å². The molecule has 1 aromatic rings. The maximum absolute atomic E-state index is 13.3. The van der Waals surface area contributed by atoms with Crippen molar-refractivity contribution in [2.75, 3.05) is 6.54 Å². The van der Waals surface area contributed by atoms with E-state index in [1.165, 1.54) is 0 Å². The number of halogens is 2. The number of aliphatic hydroxyl groups excluding tert-OH is 1. The molecule has 0 saturated heterocycles. The number of nitrogens with two attached hydrogens (primary N) is 1. The molecule has 0 aliphatic heterocycles. The third-order valence-electron chi connectivity index (χ3n) is 2.39. The predicted molar refractivity (Wildman–Crippen MR) is 54.5 cm³/mol. The molecule has 0 radical (unpaired) electrons. The molecule has 0 amide bonds. The molecule has 84 valence electrons. The van der Waals surface area contributed by atoms with Gasteiger partial charge in [-0.15, -0.1) is 0 Å². The lowest BCUT2D eigenvalue weighted by atomic mass is 9.94. The van der Waals surface area contributed by atoms with E-state index in [0.29, 0.717) is 6.42 Å². The minimum Gasteiger partial charge on any atom is -0.392 e. The molecule has 15 heavy (non-hydrogen) atoms. The molecule has 0 aliphatic carbocycles. The molecule has 0 spiro atoms. The number of hydrogen-bond acceptors (Lipinski definition) is 2. The first-order valence-corrected chi connectivity index (χ1v) is 4.87. The van der Waals surface area contributed by atoms with E-state index < -0.39 is 17.7 Å². The van der Waals surface area contributed by atoms with E-state index in [2.05, 4.69) is 0 Å². The highest BCUT2D eigenvalue weighted by molar-refractivity contribution is 5.22. The number of aliphatic hydroxyl groups is 1. The third kappa shape index (κ3) is 3.25. The Morgan fingerprint density at radius 3 is 2.67 bits per heavy atom. The SMILES string of the molecule is CC(CC(O)CN)c1cc(F)ccc1F. The van der Waals surface area contributed by atoms with Gasteiger partial charge in [-0.05, 0) is 36.1 Å². The average molecular weight is 215 g/mol. The van der Waals surface area contributed by atoms with Gasteiger partial charge in [0.05, 0.1) is 6.10 Å². The van der Waals surface area contributed by atoms with Crippen LogP contribution in [0.25, 0.3) is 0 Å². The van der Waals surface area contributed by atoms with Crippen LogP contribution >= 0.6 is 0 Å². The van der Waals surface area contributed by atoms with Gasteiger partial charge in [0.2, 0.25) is 0 Å². The Kier molecular flexibility index (Phi) is 4.17. The normalized spacial score (nSPS) is 15.0. The van der Waals surface area contributed by atoms with E-state index in [-0.39, 0.29) is 18.0 Å². The van der Waals surface area contributed by atoms with Crippen molar-refractivity contribution in [2.45, 2.75) is 25.4 Å². The van der Waals surface area contributed by atoms with Gasteiger partial charge in [-0.25, -0.2) is 8.78 Å². The molecular weight excluding hydrogens is 200 g/mol. The highest BCUT2D eigenvalue weighted by Gasteiger charge is 2.15. The first kappa shape index (κ1) is 12.1.